The fourth-order valence-corrected chi connectivity index (χ4v) is 1.76. The molecule has 4 heteroatoms. The summed E-state index contributed by atoms with van der Waals surface area (Å²) in [7, 11) is 0. The van der Waals surface area contributed by atoms with E-state index in [2.05, 4.69) is 0 Å². The molecule has 0 heterocycles. The largest absolute Gasteiger partial charge is 0.490 e. The van der Waals surface area contributed by atoms with Gasteiger partial charge in [-0.05, 0) is 42.8 Å². The quantitative estimate of drug-likeness (QED) is 0.725. The molecule has 2 aromatic rings. The maximum Gasteiger partial charge on any atom is 0.200 e. The van der Waals surface area contributed by atoms with Crippen LogP contribution >= 0.6 is 0 Å². The van der Waals surface area contributed by atoms with E-state index < -0.39 is 0 Å². The Hall–Kier alpha value is -2.36. The smallest absolute Gasteiger partial charge is 0.200 e. The molecule has 0 unspecified atom stereocenters. The van der Waals surface area contributed by atoms with Crippen molar-refractivity contribution in [2.45, 2.75) is 13.3 Å². The van der Waals surface area contributed by atoms with Crippen LogP contribution in [0.15, 0.2) is 48.5 Å². The second kappa shape index (κ2) is 7.43. The summed E-state index contributed by atoms with van der Waals surface area (Å²) >= 11 is 0. The highest BCUT2D eigenvalue weighted by atomic mass is 19.1. The molecule has 0 fully saturated rings. The molecule has 0 spiro atoms. The highest BCUT2D eigenvalue weighted by Gasteiger charge is 2.09. The van der Waals surface area contributed by atoms with E-state index in [1.54, 1.807) is 12.1 Å². The number of Topliss-reactive ketones (excluding diaryl/α,β-unsaturated/α-hetero) is 1. The van der Waals surface area contributed by atoms with Gasteiger partial charge in [0.05, 0.1) is 6.61 Å². The average molecular weight is 288 g/mol. The van der Waals surface area contributed by atoms with Gasteiger partial charge in [-0.15, -0.1) is 0 Å². The zero-order valence-corrected chi connectivity index (χ0v) is 11.8. The number of ketones is 1. The SMILES string of the molecule is CCCOc1ccccc1OCC(=O)c1ccc(F)cc1. The van der Waals surface area contributed by atoms with Gasteiger partial charge >= 0.3 is 0 Å². The molecular weight excluding hydrogens is 271 g/mol. The molecule has 0 saturated heterocycles. The fourth-order valence-electron chi connectivity index (χ4n) is 1.76. The van der Waals surface area contributed by atoms with E-state index in [1.807, 2.05) is 19.1 Å². The first-order valence-electron chi connectivity index (χ1n) is 6.84. The van der Waals surface area contributed by atoms with Crippen molar-refractivity contribution in [3.8, 4) is 11.5 Å². The Morgan fingerprint density at radius 1 is 1.00 bits per heavy atom. The van der Waals surface area contributed by atoms with Crippen LogP contribution in [0.4, 0.5) is 4.39 Å². The Labute approximate surface area is 123 Å². The lowest BCUT2D eigenvalue weighted by Crippen LogP contribution is -2.12. The third-order valence-corrected chi connectivity index (χ3v) is 2.84. The van der Waals surface area contributed by atoms with E-state index in [0.717, 1.165) is 6.42 Å². The number of rotatable bonds is 7. The van der Waals surface area contributed by atoms with Gasteiger partial charge in [-0.25, -0.2) is 4.39 Å². The van der Waals surface area contributed by atoms with E-state index >= 15 is 0 Å². The minimum Gasteiger partial charge on any atom is -0.490 e. The number of carbonyl (C=O) groups is 1. The van der Waals surface area contributed by atoms with Crippen LogP contribution in [0.2, 0.25) is 0 Å². The molecular formula is C17H17FO3. The molecule has 3 nitrogen and oxygen atoms in total. The van der Waals surface area contributed by atoms with Crippen molar-refractivity contribution >= 4 is 5.78 Å². The maximum atomic E-state index is 12.8. The molecule has 0 aliphatic carbocycles. The van der Waals surface area contributed by atoms with Crippen LogP contribution in [-0.4, -0.2) is 19.0 Å². The highest BCUT2D eigenvalue weighted by molar-refractivity contribution is 5.97. The molecule has 110 valence electrons. The Kier molecular flexibility index (Phi) is 5.32. The Bertz CT molecular complexity index is 593. The highest BCUT2D eigenvalue weighted by Crippen LogP contribution is 2.26. The molecule has 0 aromatic heterocycles. The van der Waals surface area contributed by atoms with E-state index in [0.29, 0.717) is 23.7 Å². The van der Waals surface area contributed by atoms with Gasteiger partial charge in [0.15, 0.2) is 23.9 Å². The molecule has 21 heavy (non-hydrogen) atoms. The monoisotopic (exact) mass is 288 g/mol. The fraction of sp³-hybridized carbons (Fsp3) is 0.235. The van der Waals surface area contributed by atoms with E-state index in [-0.39, 0.29) is 18.2 Å². The summed E-state index contributed by atoms with van der Waals surface area (Å²) < 4.78 is 23.9. The topological polar surface area (TPSA) is 35.5 Å². The van der Waals surface area contributed by atoms with Crippen molar-refractivity contribution in [2.24, 2.45) is 0 Å². The first-order valence-corrected chi connectivity index (χ1v) is 6.84. The van der Waals surface area contributed by atoms with Gasteiger partial charge in [-0.2, -0.15) is 0 Å². The minimum absolute atomic E-state index is 0.113. The predicted octanol–water partition coefficient (Wildman–Crippen LogP) is 3.88. The Morgan fingerprint density at radius 2 is 1.62 bits per heavy atom. The van der Waals surface area contributed by atoms with E-state index in [4.69, 9.17) is 9.47 Å². The lowest BCUT2D eigenvalue weighted by molar-refractivity contribution is 0.0918. The van der Waals surface area contributed by atoms with Crippen LogP contribution in [0.25, 0.3) is 0 Å². The summed E-state index contributed by atoms with van der Waals surface area (Å²) in [6.07, 6.45) is 0.892. The zero-order valence-electron chi connectivity index (χ0n) is 11.8. The number of ether oxygens (including phenoxy) is 2. The molecule has 0 atom stereocenters. The number of para-hydroxylation sites is 2. The summed E-state index contributed by atoms with van der Waals surface area (Å²) in [4.78, 5) is 12.0. The molecule has 2 aromatic carbocycles. The lowest BCUT2D eigenvalue weighted by Gasteiger charge is -2.11. The van der Waals surface area contributed by atoms with Crippen LogP contribution in [0.1, 0.15) is 23.7 Å². The second-order valence-corrected chi connectivity index (χ2v) is 4.51. The van der Waals surface area contributed by atoms with Crippen molar-refractivity contribution in [3.05, 3.63) is 59.9 Å². The summed E-state index contributed by atoms with van der Waals surface area (Å²) in [6.45, 7) is 2.49. The summed E-state index contributed by atoms with van der Waals surface area (Å²) in [6, 6.07) is 12.6. The standard InChI is InChI=1S/C17H17FO3/c1-2-11-20-16-5-3-4-6-17(16)21-12-15(19)13-7-9-14(18)10-8-13/h3-10H,2,11-12H2,1H3. The lowest BCUT2D eigenvalue weighted by atomic mass is 10.1. The van der Waals surface area contributed by atoms with Crippen LogP contribution < -0.4 is 9.47 Å². The van der Waals surface area contributed by atoms with Crippen molar-refractivity contribution in [1.82, 2.24) is 0 Å². The predicted molar refractivity (Wildman–Crippen MR) is 78.5 cm³/mol. The van der Waals surface area contributed by atoms with Crippen molar-refractivity contribution in [1.29, 1.82) is 0 Å². The molecule has 0 bridgehead atoms. The summed E-state index contributed by atoms with van der Waals surface area (Å²) in [5.74, 6) is 0.568. The number of halogens is 1. The molecule has 0 aliphatic rings. The van der Waals surface area contributed by atoms with Crippen LogP contribution in [0, 0.1) is 5.82 Å². The van der Waals surface area contributed by atoms with Crippen LogP contribution in [0.5, 0.6) is 11.5 Å². The normalized spacial score (nSPS) is 10.2. The van der Waals surface area contributed by atoms with Gasteiger partial charge in [0.2, 0.25) is 0 Å². The van der Waals surface area contributed by atoms with Gasteiger partial charge in [-0.1, -0.05) is 19.1 Å². The molecule has 0 saturated carbocycles. The summed E-state index contributed by atoms with van der Waals surface area (Å²) in [5.41, 5.74) is 0.420. The average Bonchev–Trinajstić information content (AvgIpc) is 2.52. The second-order valence-electron chi connectivity index (χ2n) is 4.51. The van der Waals surface area contributed by atoms with E-state index in [1.165, 1.54) is 24.3 Å². The Morgan fingerprint density at radius 3 is 2.24 bits per heavy atom. The first kappa shape index (κ1) is 15.0. The van der Waals surface area contributed by atoms with Crippen molar-refractivity contribution in [2.75, 3.05) is 13.2 Å². The van der Waals surface area contributed by atoms with Gasteiger partial charge in [-0.3, -0.25) is 4.79 Å². The molecule has 0 amide bonds. The van der Waals surface area contributed by atoms with Gasteiger partial charge in [0, 0.05) is 5.56 Å². The number of carbonyl (C=O) groups excluding carboxylic acids is 1. The van der Waals surface area contributed by atoms with Crippen molar-refractivity contribution in [3.63, 3.8) is 0 Å². The minimum atomic E-state index is -0.370. The third kappa shape index (κ3) is 4.31. The van der Waals surface area contributed by atoms with Gasteiger partial charge in [0.1, 0.15) is 5.82 Å². The van der Waals surface area contributed by atoms with E-state index in [9.17, 15) is 9.18 Å². The molecule has 2 rings (SSSR count). The number of hydrogen-bond donors (Lipinski definition) is 0. The zero-order chi connectivity index (χ0) is 15.1. The third-order valence-electron chi connectivity index (χ3n) is 2.84. The number of benzene rings is 2. The molecule has 0 radical (unpaired) electrons. The molecule has 0 aliphatic heterocycles. The van der Waals surface area contributed by atoms with Crippen molar-refractivity contribution < 1.29 is 18.7 Å². The molecule has 0 N–H and O–H groups in total. The Balaban J connectivity index is 1.99. The summed E-state index contributed by atoms with van der Waals surface area (Å²) in [5, 5.41) is 0. The van der Waals surface area contributed by atoms with Crippen LogP contribution in [0.3, 0.4) is 0 Å². The van der Waals surface area contributed by atoms with Gasteiger partial charge in [0.25, 0.3) is 0 Å². The first-order chi connectivity index (χ1) is 10.2. The number of hydrogen-bond acceptors (Lipinski definition) is 3. The van der Waals surface area contributed by atoms with Crippen LogP contribution in [-0.2, 0) is 0 Å². The van der Waals surface area contributed by atoms with Gasteiger partial charge < -0.3 is 9.47 Å². The maximum absolute atomic E-state index is 12.8.